The number of carbonyl (C=O) groups excluding carboxylic acids is 2. The highest BCUT2D eigenvalue weighted by Gasteiger charge is 2.27. The molecule has 12 heteroatoms. The Hall–Kier alpha value is -2.02. The van der Waals surface area contributed by atoms with E-state index in [2.05, 4.69) is 26.2 Å². The molecular formula is C27H43ClFN5O5. The number of carbonyl (C=O) groups is 2. The van der Waals surface area contributed by atoms with E-state index in [1.54, 1.807) is 12.1 Å². The summed E-state index contributed by atoms with van der Waals surface area (Å²) in [6.45, 7) is 3.85. The van der Waals surface area contributed by atoms with Crippen molar-refractivity contribution in [3.05, 3.63) is 29.6 Å². The van der Waals surface area contributed by atoms with Crippen LogP contribution in [-0.2, 0) is 16.0 Å². The Balaban J connectivity index is 1.26. The molecule has 2 amide bonds. The van der Waals surface area contributed by atoms with Crippen LogP contribution in [0.5, 0.6) is 5.75 Å². The zero-order valence-corrected chi connectivity index (χ0v) is 23.2. The molecule has 3 rings (SSSR count). The maximum atomic E-state index is 14.5. The molecule has 39 heavy (non-hydrogen) atoms. The molecule has 0 saturated carbocycles. The van der Waals surface area contributed by atoms with E-state index in [1.807, 2.05) is 0 Å². The predicted octanol–water partition coefficient (Wildman–Crippen LogP) is 0.689. The van der Waals surface area contributed by atoms with Gasteiger partial charge in [0.1, 0.15) is 17.9 Å². The number of nitrogens with one attached hydrogen (secondary N) is 4. The average Bonchev–Trinajstić information content (AvgIpc) is 2.94. The van der Waals surface area contributed by atoms with Crippen molar-refractivity contribution in [2.24, 2.45) is 5.92 Å². The number of rotatable bonds is 15. The van der Waals surface area contributed by atoms with Gasteiger partial charge in [-0.3, -0.25) is 25.1 Å². The minimum Gasteiger partial charge on any atom is -0.493 e. The lowest BCUT2D eigenvalue weighted by molar-refractivity contribution is -0.123. The van der Waals surface area contributed by atoms with E-state index in [0.717, 1.165) is 51.9 Å². The molecule has 220 valence electrons. The van der Waals surface area contributed by atoms with Gasteiger partial charge in [-0.2, -0.15) is 0 Å². The standard InChI is InChI=1S/C27H43ClFN5O5/c28-21-15-31-27(32-16-21)34-10-7-19(8-11-34)3-2-12-39-23-6-5-20(24(29)14-23)13-26(38)30-9-1-4-25(37)33-22(17-35)18-36/h5-6,14,19,21-22,27,31-32,35-36H,1-4,7-13,15-18H2,(H,30,38)(H,33,37). The summed E-state index contributed by atoms with van der Waals surface area (Å²) in [5.41, 5.74) is 0.279. The molecular weight excluding hydrogens is 529 g/mol. The van der Waals surface area contributed by atoms with Gasteiger partial charge in [-0.1, -0.05) is 6.07 Å². The SMILES string of the molecule is O=C(Cc1ccc(OCCCC2CCN(C3NCC(Cl)CN3)CC2)cc1F)NCCCC(=O)NC(CO)CO. The number of aliphatic hydroxyl groups excluding tert-OH is 2. The summed E-state index contributed by atoms with van der Waals surface area (Å²) in [4.78, 5) is 26.3. The molecule has 0 spiro atoms. The molecule has 2 heterocycles. The second-order valence-corrected chi connectivity index (χ2v) is 10.9. The van der Waals surface area contributed by atoms with Crippen molar-refractivity contribution < 1.29 is 28.9 Å². The summed E-state index contributed by atoms with van der Waals surface area (Å²) >= 11 is 6.13. The molecule has 2 aliphatic rings. The molecule has 1 aromatic rings. The largest absolute Gasteiger partial charge is 0.493 e. The molecule has 0 atom stereocenters. The number of ether oxygens (including phenoxy) is 1. The van der Waals surface area contributed by atoms with Gasteiger partial charge < -0.3 is 25.6 Å². The number of hydrogen-bond acceptors (Lipinski definition) is 8. The van der Waals surface area contributed by atoms with Gasteiger partial charge >= 0.3 is 0 Å². The average molecular weight is 572 g/mol. The second-order valence-electron chi connectivity index (χ2n) is 10.3. The van der Waals surface area contributed by atoms with Crippen molar-refractivity contribution in [3.8, 4) is 5.75 Å². The van der Waals surface area contributed by atoms with E-state index in [1.165, 1.54) is 6.07 Å². The quantitative estimate of drug-likeness (QED) is 0.134. The lowest BCUT2D eigenvalue weighted by Crippen LogP contribution is -2.62. The van der Waals surface area contributed by atoms with Crippen LogP contribution in [0.25, 0.3) is 0 Å². The third-order valence-electron chi connectivity index (χ3n) is 7.19. The number of alkyl halides is 1. The number of nitrogens with zero attached hydrogens (tertiary/aromatic N) is 1. The van der Waals surface area contributed by atoms with Crippen LogP contribution in [0.1, 0.15) is 44.1 Å². The van der Waals surface area contributed by atoms with Gasteiger partial charge in [-0.15, -0.1) is 11.6 Å². The third kappa shape index (κ3) is 11.2. The Bertz CT molecular complexity index is 893. The fourth-order valence-electron chi connectivity index (χ4n) is 4.87. The van der Waals surface area contributed by atoms with Crippen molar-refractivity contribution in [1.82, 2.24) is 26.2 Å². The number of benzene rings is 1. The van der Waals surface area contributed by atoms with Gasteiger partial charge in [0.2, 0.25) is 11.8 Å². The highest BCUT2D eigenvalue weighted by Crippen LogP contribution is 2.24. The number of halogens is 2. The Morgan fingerprint density at radius 2 is 1.85 bits per heavy atom. The topological polar surface area (TPSA) is 135 Å². The minimum atomic E-state index is -0.687. The summed E-state index contributed by atoms with van der Waals surface area (Å²) in [6.07, 6.45) is 4.92. The lowest BCUT2D eigenvalue weighted by Gasteiger charge is -2.41. The number of piperidine rings is 1. The molecule has 0 radical (unpaired) electrons. The first kappa shape index (κ1) is 31.5. The Morgan fingerprint density at radius 1 is 1.13 bits per heavy atom. The molecule has 2 saturated heterocycles. The zero-order valence-electron chi connectivity index (χ0n) is 22.5. The highest BCUT2D eigenvalue weighted by molar-refractivity contribution is 6.21. The maximum absolute atomic E-state index is 14.5. The summed E-state index contributed by atoms with van der Waals surface area (Å²) in [7, 11) is 0. The van der Waals surface area contributed by atoms with E-state index in [-0.39, 0.29) is 61.6 Å². The minimum absolute atomic E-state index is 0.105. The Kier molecular flexibility index (Phi) is 13.7. The van der Waals surface area contributed by atoms with Crippen LogP contribution in [-0.4, -0.2) is 97.2 Å². The first-order valence-electron chi connectivity index (χ1n) is 13.9. The molecule has 0 bridgehead atoms. The van der Waals surface area contributed by atoms with Crippen LogP contribution < -0.4 is 26.0 Å². The Morgan fingerprint density at radius 3 is 2.51 bits per heavy atom. The first-order chi connectivity index (χ1) is 18.9. The molecule has 10 nitrogen and oxygen atoms in total. The van der Waals surface area contributed by atoms with Crippen LogP contribution in [0.4, 0.5) is 4.39 Å². The van der Waals surface area contributed by atoms with E-state index >= 15 is 0 Å². The molecule has 6 N–H and O–H groups in total. The van der Waals surface area contributed by atoms with Gasteiger partial charge in [0.05, 0.1) is 37.7 Å². The van der Waals surface area contributed by atoms with Gasteiger partial charge in [0, 0.05) is 45.2 Å². The van der Waals surface area contributed by atoms with Gasteiger partial charge in [-0.05, 0) is 49.7 Å². The lowest BCUT2D eigenvalue weighted by atomic mass is 9.92. The van der Waals surface area contributed by atoms with Crippen molar-refractivity contribution in [2.45, 2.75) is 62.7 Å². The molecule has 2 aliphatic heterocycles. The van der Waals surface area contributed by atoms with Gasteiger partial charge in [-0.25, -0.2) is 4.39 Å². The Labute approximate surface area is 235 Å². The first-order valence-corrected chi connectivity index (χ1v) is 14.4. The number of amides is 2. The maximum Gasteiger partial charge on any atom is 0.224 e. The summed E-state index contributed by atoms with van der Waals surface area (Å²) in [6, 6.07) is 3.88. The smallest absolute Gasteiger partial charge is 0.224 e. The fourth-order valence-corrected chi connectivity index (χ4v) is 5.04. The molecule has 1 aromatic carbocycles. The van der Waals surface area contributed by atoms with E-state index < -0.39 is 11.9 Å². The van der Waals surface area contributed by atoms with Crippen molar-refractivity contribution in [3.63, 3.8) is 0 Å². The predicted molar refractivity (Wildman–Crippen MR) is 147 cm³/mol. The number of hydrogen-bond donors (Lipinski definition) is 6. The normalized spacial score (nSPS) is 20.6. The van der Waals surface area contributed by atoms with Gasteiger partial charge in [0.15, 0.2) is 0 Å². The summed E-state index contributed by atoms with van der Waals surface area (Å²) < 4.78 is 20.3. The third-order valence-corrected chi connectivity index (χ3v) is 7.50. The summed E-state index contributed by atoms with van der Waals surface area (Å²) in [5.74, 6) is -0.0255. The van der Waals surface area contributed by atoms with E-state index in [9.17, 15) is 14.0 Å². The van der Waals surface area contributed by atoms with Crippen LogP contribution in [0.2, 0.25) is 0 Å². The highest BCUT2D eigenvalue weighted by atomic mass is 35.5. The van der Waals surface area contributed by atoms with Gasteiger partial charge in [0.25, 0.3) is 0 Å². The number of likely N-dealkylation sites (tertiary alicyclic amines) is 1. The molecule has 0 unspecified atom stereocenters. The molecule has 0 aromatic heterocycles. The van der Waals surface area contributed by atoms with Crippen LogP contribution in [0.3, 0.4) is 0 Å². The fraction of sp³-hybridized carbons (Fsp3) is 0.704. The van der Waals surface area contributed by atoms with Crippen LogP contribution in [0.15, 0.2) is 18.2 Å². The molecule has 0 aliphatic carbocycles. The van der Waals surface area contributed by atoms with Crippen molar-refractivity contribution >= 4 is 23.4 Å². The summed E-state index contributed by atoms with van der Waals surface area (Å²) in [5, 5.41) is 30.1. The number of aliphatic hydroxyl groups is 2. The molecule has 2 fully saturated rings. The van der Waals surface area contributed by atoms with Crippen molar-refractivity contribution in [2.75, 3.05) is 52.5 Å². The van der Waals surface area contributed by atoms with Crippen molar-refractivity contribution in [1.29, 1.82) is 0 Å². The monoisotopic (exact) mass is 571 g/mol. The van der Waals surface area contributed by atoms with Crippen LogP contribution in [0, 0.1) is 11.7 Å². The van der Waals surface area contributed by atoms with E-state index in [0.29, 0.717) is 24.7 Å². The van der Waals surface area contributed by atoms with Crippen LogP contribution >= 0.6 is 11.6 Å². The zero-order chi connectivity index (χ0) is 28.0. The second kappa shape index (κ2) is 16.9. The van der Waals surface area contributed by atoms with E-state index in [4.69, 9.17) is 26.6 Å².